The van der Waals surface area contributed by atoms with E-state index in [9.17, 15) is 14.9 Å². The first-order chi connectivity index (χ1) is 6.70. The molecule has 1 aromatic carbocycles. The molecular weight excluding hydrogens is 186 g/mol. The van der Waals surface area contributed by atoms with Crippen molar-refractivity contribution in [3.63, 3.8) is 0 Å². The van der Waals surface area contributed by atoms with Gasteiger partial charge in [-0.2, -0.15) is 0 Å². The van der Waals surface area contributed by atoms with Gasteiger partial charge >= 0.3 is 0 Å². The molecule has 1 rings (SSSR count). The summed E-state index contributed by atoms with van der Waals surface area (Å²) < 4.78 is 0. The van der Waals surface area contributed by atoms with Crippen LogP contribution in [-0.2, 0) is 4.79 Å². The first-order valence-electron chi connectivity index (χ1n) is 3.74. The lowest BCUT2D eigenvalue weighted by Crippen LogP contribution is -1.95. The molecule has 0 aliphatic heterocycles. The van der Waals surface area contributed by atoms with E-state index in [2.05, 4.69) is 0 Å². The molecule has 0 aliphatic rings. The molecule has 0 aliphatic carbocycles. The maximum absolute atomic E-state index is 10.5. The van der Waals surface area contributed by atoms with Crippen molar-refractivity contribution in [2.24, 2.45) is 0 Å². The van der Waals surface area contributed by atoms with Gasteiger partial charge in [-0.15, -0.1) is 0 Å². The predicted molar refractivity (Wildman–Crippen MR) is 49.8 cm³/mol. The molecule has 1 aromatic rings. The number of hydrogen-bond donors (Lipinski definition) is 1. The molecule has 1 N–H and O–H groups in total. The molecule has 0 amide bonds. The lowest BCUT2D eigenvalue weighted by molar-refractivity contribution is -0.385. The normalized spacial score (nSPS) is 11.0. The average molecular weight is 193 g/mol. The van der Waals surface area contributed by atoms with Crippen molar-refractivity contribution < 1.29 is 14.8 Å². The summed E-state index contributed by atoms with van der Waals surface area (Å²) in [6, 6.07) is 5.70. The first kappa shape index (κ1) is 9.91. The Morgan fingerprint density at radius 2 is 2.07 bits per heavy atom. The number of nitro groups is 1. The fourth-order valence-corrected chi connectivity index (χ4v) is 1.04. The molecule has 0 unspecified atom stereocenters. The second-order valence-corrected chi connectivity index (χ2v) is 2.48. The van der Waals surface area contributed by atoms with Gasteiger partial charge in [0.1, 0.15) is 0 Å². The van der Waals surface area contributed by atoms with Crippen LogP contribution in [0.4, 0.5) is 5.69 Å². The van der Waals surface area contributed by atoms with Crippen molar-refractivity contribution in [1.29, 1.82) is 0 Å². The van der Waals surface area contributed by atoms with E-state index in [1.807, 2.05) is 0 Å². The second-order valence-electron chi connectivity index (χ2n) is 2.48. The Balaban J connectivity index is 3.33. The third-order valence-electron chi connectivity index (χ3n) is 1.68. The maximum Gasteiger partial charge on any atom is 0.277 e. The van der Waals surface area contributed by atoms with E-state index in [1.54, 1.807) is 6.07 Å². The molecule has 0 spiro atoms. The van der Waals surface area contributed by atoms with Gasteiger partial charge < -0.3 is 5.11 Å². The zero-order valence-electron chi connectivity index (χ0n) is 7.08. The van der Waals surface area contributed by atoms with Crippen LogP contribution in [-0.4, -0.2) is 16.3 Å². The minimum Gasteiger partial charge on any atom is -0.515 e. The summed E-state index contributed by atoms with van der Waals surface area (Å²) in [7, 11) is 0. The average Bonchev–Trinajstić information content (AvgIpc) is 2.20. The van der Waals surface area contributed by atoms with E-state index < -0.39 is 4.92 Å². The summed E-state index contributed by atoms with van der Waals surface area (Å²) in [5.74, 6) is 0. The zero-order valence-corrected chi connectivity index (χ0v) is 7.08. The van der Waals surface area contributed by atoms with Gasteiger partial charge in [0.2, 0.25) is 0 Å². The fraction of sp³-hybridized carbons (Fsp3) is 0. The van der Waals surface area contributed by atoms with Gasteiger partial charge in [-0.3, -0.25) is 14.9 Å². The summed E-state index contributed by atoms with van der Waals surface area (Å²) in [6.07, 6.45) is 0.914. The molecule has 0 bridgehead atoms. The quantitative estimate of drug-likeness (QED) is 0.260. The number of para-hydroxylation sites is 1. The highest BCUT2D eigenvalue weighted by atomic mass is 16.6. The molecule has 0 saturated carbocycles. The first-order valence-corrected chi connectivity index (χ1v) is 3.74. The number of aliphatic hydroxyl groups is 1. The van der Waals surface area contributed by atoms with Crippen LogP contribution in [0.3, 0.4) is 0 Å². The van der Waals surface area contributed by atoms with Crippen LogP contribution in [0.2, 0.25) is 0 Å². The molecule has 0 aromatic heterocycles. The van der Waals surface area contributed by atoms with Crippen LogP contribution in [0, 0.1) is 10.1 Å². The molecule has 0 atom stereocenters. The Morgan fingerprint density at radius 3 is 2.57 bits per heavy atom. The van der Waals surface area contributed by atoms with Crippen molar-refractivity contribution in [3.05, 3.63) is 46.2 Å². The van der Waals surface area contributed by atoms with Gasteiger partial charge in [0.05, 0.1) is 22.3 Å². The van der Waals surface area contributed by atoms with Crippen molar-refractivity contribution >= 4 is 17.5 Å². The van der Waals surface area contributed by atoms with Crippen LogP contribution >= 0.6 is 0 Å². The summed E-state index contributed by atoms with van der Waals surface area (Å²) in [6.45, 7) is 0. The monoisotopic (exact) mass is 193 g/mol. The van der Waals surface area contributed by atoms with Gasteiger partial charge in [-0.05, 0) is 6.07 Å². The fourth-order valence-electron chi connectivity index (χ4n) is 1.04. The van der Waals surface area contributed by atoms with E-state index in [-0.39, 0.29) is 16.8 Å². The van der Waals surface area contributed by atoms with Crippen molar-refractivity contribution in [3.8, 4) is 0 Å². The standard InChI is InChI=1S/C9H7NO4/c11-5-7(6-12)8-3-1-2-4-9(8)10(13)14/h1-6,11H/b7-5+. The number of aliphatic hydroxyl groups excluding tert-OH is 1. The molecule has 0 fully saturated rings. The molecule has 0 saturated heterocycles. The molecule has 5 nitrogen and oxygen atoms in total. The minimum absolute atomic E-state index is 0.106. The number of benzene rings is 1. The van der Waals surface area contributed by atoms with Crippen LogP contribution in [0.15, 0.2) is 30.5 Å². The number of rotatable bonds is 3. The van der Waals surface area contributed by atoms with Gasteiger partial charge in [0.15, 0.2) is 6.29 Å². The number of nitrogens with zero attached hydrogens (tertiary/aromatic N) is 1. The number of carbonyl (C=O) groups excluding carboxylic acids is 1. The number of carbonyl (C=O) groups is 1. The van der Waals surface area contributed by atoms with Crippen molar-refractivity contribution in [2.75, 3.05) is 0 Å². The number of hydrogen-bond acceptors (Lipinski definition) is 4. The number of aldehydes is 1. The zero-order chi connectivity index (χ0) is 10.6. The van der Waals surface area contributed by atoms with Crippen LogP contribution < -0.4 is 0 Å². The van der Waals surface area contributed by atoms with Gasteiger partial charge in [-0.1, -0.05) is 12.1 Å². The highest BCUT2D eigenvalue weighted by Crippen LogP contribution is 2.23. The third-order valence-corrected chi connectivity index (χ3v) is 1.68. The molecule has 0 radical (unpaired) electrons. The topological polar surface area (TPSA) is 80.4 Å². The van der Waals surface area contributed by atoms with Gasteiger partial charge in [-0.25, -0.2) is 0 Å². The highest BCUT2D eigenvalue weighted by molar-refractivity contribution is 6.08. The number of allylic oxidation sites excluding steroid dienone is 1. The number of nitro benzene ring substituents is 1. The second kappa shape index (κ2) is 4.18. The van der Waals surface area contributed by atoms with Crippen LogP contribution in [0.25, 0.3) is 5.57 Å². The SMILES string of the molecule is O=C/C(=C\O)c1ccccc1[N+](=O)[O-]. The Labute approximate surface area is 79.4 Å². The van der Waals surface area contributed by atoms with Gasteiger partial charge in [0.25, 0.3) is 5.69 Å². The van der Waals surface area contributed by atoms with Crippen LogP contribution in [0.1, 0.15) is 5.56 Å². The lowest BCUT2D eigenvalue weighted by Gasteiger charge is -1.99. The molecule has 72 valence electrons. The Bertz CT molecular complexity index is 398. The lowest BCUT2D eigenvalue weighted by atomic mass is 10.1. The van der Waals surface area contributed by atoms with Crippen LogP contribution in [0.5, 0.6) is 0 Å². The molecule has 14 heavy (non-hydrogen) atoms. The Kier molecular flexibility index (Phi) is 2.96. The summed E-state index contributed by atoms with van der Waals surface area (Å²) in [5.41, 5.74) is -0.216. The molecule has 5 heteroatoms. The predicted octanol–water partition coefficient (Wildman–Crippen LogP) is 1.69. The summed E-state index contributed by atoms with van der Waals surface area (Å²) in [4.78, 5) is 20.4. The third kappa shape index (κ3) is 1.77. The van der Waals surface area contributed by atoms with E-state index >= 15 is 0 Å². The Hall–Kier alpha value is -2.17. The highest BCUT2D eigenvalue weighted by Gasteiger charge is 2.15. The van der Waals surface area contributed by atoms with E-state index in [0.29, 0.717) is 12.5 Å². The Morgan fingerprint density at radius 1 is 1.43 bits per heavy atom. The summed E-state index contributed by atoms with van der Waals surface area (Å²) in [5, 5.41) is 19.2. The van der Waals surface area contributed by atoms with Crippen molar-refractivity contribution in [2.45, 2.75) is 0 Å². The van der Waals surface area contributed by atoms with E-state index in [1.165, 1.54) is 18.2 Å². The largest absolute Gasteiger partial charge is 0.515 e. The molecular formula is C9H7NO4. The van der Waals surface area contributed by atoms with Gasteiger partial charge in [0, 0.05) is 6.07 Å². The summed E-state index contributed by atoms with van der Waals surface area (Å²) >= 11 is 0. The molecule has 0 heterocycles. The maximum atomic E-state index is 10.5. The minimum atomic E-state index is -0.609. The van der Waals surface area contributed by atoms with E-state index in [4.69, 9.17) is 5.11 Å². The van der Waals surface area contributed by atoms with E-state index in [0.717, 1.165) is 0 Å². The van der Waals surface area contributed by atoms with Crippen molar-refractivity contribution in [1.82, 2.24) is 0 Å². The smallest absolute Gasteiger partial charge is 0.277 e.